The fourth-order valence-corrected chi connectivity index (χ4v) is 3.75. The van der Waals surface area contributed by atoms with Crippen molar-refractivity contribution in [3.8, 4) is 17.0 Å². The number of nitrogens with zero attached hydrogens (tertiary/aromatic N) is 3. The van der Waals surface area contributed by atoms with Gasteiger partial charge >= 0.3 is 0 Å². The van der Waals surface area contributed by atoms with Crippen LogP contribution in [-0.4, -0.2) is 34.3 Å². The van der Waals surface area contributed by atoms with E-state index in [4.69, 9.17) is 4.74 Å². The molecule has 1 atom stereocenters. The van der Waals surface area contributed by atoms with Crippen molar-refractivity contribution in [2.75, 3.05) is 19.0 Å². The number of nitrogens with one attached hydrogen (secondary N) is 2. The smallest absolute Gasteiger partial charge is 0.247 e. The Morgan fingerprint density at radius 3 is 3.08 bits per heavy atom. The van der Waals surface area contributed by atoms with E-state index < -0.39 is 6.04 Å². The van der Waals surface area contributed by atoms with E-state index in [1.54, 1.807) is 17.9 Å². The number of ether oxygens (including phenoxy) is 1. The molecule has 0 radical (unpaired) electrons. The van der Waals surface area contributed by atoms with Crippen LogP contribution in [0, 0.1) is 0 Å². The summed E-state index contributed by atoms with van der Waals surface area (Å²) in [6.07, 6.45) is 4.42. The van der Waals surface area contributed by atoms with Gasteiger partial charge in [0.05, 0.1) is 18.5 Å². The molecule has 26 heavy (non-hydrogen) atoms. The molecular weight excluding hydrogens is 350 g/mol. The minimum atomic E-state index is -0.479. The fraction of sp³-hybridized carbons (Fsp3) is 0.278. The lowest BCUT2D eigenvalue weighted by Gasteiger charge is -2.13. The summed E-state index contributed by atoms with van der Waals surface area (Å²) < 4.78 is 7.21. The van der Waals surface area contributed by atoms with Crippen LogP contribution in [0.5, 0.6) is 5.75 Å². The second-order valence-electron chi connectivity index (χ2n) is 6.12. The maximum absolute atomic E-state index is 12.6. The van der Waals surface area contributed by atoms with Gasteiger partial charge in [0.15, 0.2) is 5.13 Å². The summed E-state index contributed by atoms with van der Waals surface area (Å²) >= 11 is 1.41. The van der Waals surface area contributed by atoms with Crippen molar-refractivity contribution < 1.29 is 9.53 Å². The molecule has 3 aromatic rings. The number of carbonyl (C=O) groups is 1. The van der Waals surface area contributed by atoms with Gasteiger partial charge in [0.1, 0.15) is 11.8 Å². The molecule has 7 nitrogen and oxygen atoms in total. The van der Waals surface area contributed by atoms with Gasteiger partial charge in [0.2, 0.25) is 5.91 Å². The summed E-state index contributed by atoms with van der Waals surface area (Å²) in [6, 6.07) is 5.61. The highest BCUT2D eigenvalue weighted by Crippen LogP contribution is 2.32. The molecule has 0 spiro atoms. The maximum Gasteiger partial charge on any atom is 0.247 e. The Morgan fingerprint density at radius 1 is 1.42 bits per heavy atom. The van der Waals surface area contributed by atoms with Crippen molar-refractivity contribution in [3.63, 3.8) is 0 Å². The number of aromatic nitrogens is 3. The lowest BCUT2D eigenvalue weighted by molar-refractivity contribution is -0.118. The van der Waals surface area contributed by atoms with Gasteiger partial charge in [-0.3, -0.25) is 9.48 Å². The zero-order chi connectivity index (χ0) is 18.1. The first-order chi connectivity index (χ1) is 12.6. The van der Waals surface area contributed by atoms with Gasteiger partial charge in [-0.15, -0.1) is 11.3 Å². The predicted molar refractivity (Wildman–Crippen MR) is 100 cm³/mol. The average Bonchev–Trinajstić information content (AvgIpc) is 3.36. The molecule has 2 N–H and O–H groups in total. The zero-order valence-corrected chi connectivity index (χ0v) is 15.3. The van der Waals surface area contributed by atoms with Crippen LogP contribution < -0.4 is 15.4 Å². The van der Waals surface area contributed by atoms with E-state index in [1.807, 2.05) is 30.8 Å². The molecule has 0 fully saturated rings. The number of thiazole rings is 1. The highest BCUT2D eigenvalue weighted by Gasteiger charge is 2.21. The standard InChI is InChI=1S/C18H19N5O2S/c1-19-16(13-8-20-23(2)9-13)17(24)22-18-21-14(10-26-18)11-3-4-15-12(7-11)5-6-25-15/h3-4,7-10,16,19H,5-6H2,1-2H3,(H,21,22,24). The number of benzene rings is 1. The summed E-state index contributed by atoms with van der Waals surface area (Å²) in [7, 11) is 3.57. The highest BCUT2D eigenvalue weighted by atomic mass is 32.1. The van der Waals surface area contributed by atoms with Crippen LogP contribution in [0.15, 0.2) is 36.0 Å². The van der Waals surface area contributed by atoms with Gasteiger partial charge in [0, 0.05) is 36.2 Å². The first-order valence-electron chi connectivity index (χ1n) is 8.32. The number of hydrogen-bond donors (Lipinski definition) is 2. The maximum atomic E-state index is 12.6. The number of amides is 1. The van der Waals surface area contributed by atoms with Crippen molar-refractivity contribution >= 4 is 22.4 Å². The lowest BCUT2D eigenvalue weighted by atomic mass is 10.1. The van der Waals surface area contributed by atoms with Crippen molar-refractivity contribution in [1.82, 2.24) is 20.1 Å². The number of rotatable bonds is 5. The van der Waals surface area contributed by atoms with Gasteiger partial charge in [-0.25, -0.2) is 4.98 Å². The van der Waals surface area contributed by atoms with Crippen LogP contribution in [0.3, 0.4) is 0 Å². The number of likely N-dealkylation sites (N-methyl/N-ethyl adjacent to an activating group) is 1. The Bertz CT molecular complexity index is 949. The van der Waals surface area contributed by atoms with Crippen LogP contribution in [0.25, 0.3) is 11.3 Å². The first-order valence-corrected chi connectivity index (χ1v) is 9.20. The second kappa shape index (κ2) is 6.89. The third-order valence-corrected chi connectivity index (χ3v) is 5.09. The predicted octanol–water partition coefficient (Wildman–Crippen LogP) is 2.38. The zero-order valence-electron chi connectivity index (χ0n) is 14.5. The number of aryl methyl sites for hydroxylation is 1. The fourth-order valence-electron chi connectivity index (χ4n) is 3.03. The normalized spacial score (nSPS) is 13.9. The molecule has 0 saturated heterocycles. The Balaban J connectivity index is 1.50. The first kappa shape index (κ1) is 16.7. The molecule has 0 saturated carbocycles. The van der Waals surface area contributed by atoms with E-state index in [9.17, 15) is 4.79 Å². The van der Waals surface area contributed by atoms with E-state index in [-0.39, 0.29) is 5.91 Å². The Labute approximate surface area is 155 Å². The quantitative estimate of drug-likeness (QED) is 0.722. The number of carbonyl (C=O) groups excluding carboxylic acids is 1. The number of fused-ring (bicyclic) bond motifs is 1. The highest BCUT2D eigenvalue weighted by molar-refractivity contribution is 7.14. The van der Waals surface area contributed by atoms with Crippen molar-refractivity contribution in [1.29, 1.82) is 0 Å². The van der Waals surface area contributed by atoms with Crippen LogP contribution >= 0.6 is 11.3 Å². The second-order valence-corrected chi connectivity index (χ2v) is 6.98. The number of hydrogen-bond acceptors (Lipinski definition) is 6. The van der Waals surface area contributed by atoms with E-state index in [2.05, 4.69) is 26.8 Å². The topological polar surface area (TPSA) is 81.1 Å². The van der Waals surface area contributed by atoms with Crippen molar-refractivity contribution in [2.24, 2.45) is 7.05 Å². The SMILES string of the molecule is CNC(C(=O)Nc1nc(-c2ccc3c(c2)CCO3)cs1)c1cnn(C)c1. The van der Waals surface area contributed by atoms with Crippen LogP contribution in [0.4, 0.5) is 5.13 Å². The van der Waals surface area contributed by atoms with Gasteiger partial charge in [0.25, 0.3) is 0 Å². The Morgan fingerprint density at radius 2 is 2.31 bits per heavy atom. The van der Waals surface area contributed by atoms with Gasteiger partial charge in [-0.2, -0.15) is 5.10 Å². The van der Waals surface area contributed by atoms with E-state index in [1.165, 1.54) is 16.9 Å². The van der Waals surface area contributed by atoms with Gasteiger partial charge in [-0.05, 0) is 30.8 Å². The van der Waals surface area contributed by atoms with Gasteiger partial charge in [-0.1, -0.05) is 0 Å². The third kappa shape index (κ3) is 3.21. The monoisotopic (exact) mass is 369 g/mol. The van der Waals surface area contributed by atoms with E-state index in [0.29, 0.717) is 5.13 Å². The molecule has 3 heterocycles. The summed E-state index contributed by atoms with van der Waals surface area (Å²) in [5.41, 5.74) is 3.89. The van der Waals surface area contributed by atoms with E-state index >= 15 is 0 Å². The molecular formula is C18H19N5O2S. The van der Waals surface area contributed by atoms with Crippen LogP contribution in [0.2, 0.25) is 0 Å². The molecule has 2 aromatic heterocycles. The molecule has 1 unspecified atom stereocenters. The molecule has 8 heteroatoms. The largest absolute Gasteiger partial charge is 0.493 e. The molecule has 1 amide bonds. The Kier molecular flexibility index (Phi) is 4.44. The van der Waals surface area contributed by atoms with Gasteiger partial charge < -0.3 is 15.4 Å². The molecule has 0 aliphatic carbocycles. The van der Waals surface area contributed by atoms with Crippen molar-refractivity contribution in [3.05, 3.63) is 47.1 Å². The summed E-state index contributed by atoms with van der Waals surface area (Å²) in [4.78, 5) is 17.2. The average molecular weight is 369 g/mol. The molecule has 4 rings (SSSR count). The third-order valence-electron chi connectivity index (χ3n) is 4.33. The summed E-state index contributed by atoms with van der Waals surface area (Å²) in [6.45, 7) is 0.733. The van der Waals surface area contributed by atoms with Crippen molar-refractivity contribution in [2.45, 2.75) is 12.5 Å². The molecule has 1 aliphatic heterocycles. The summed E-state index contributed by atoms with van der Waals surface area (Å²) in [5.74, 6) is 0.787. The van der Waals surface area contributed by atoms with Crippen LogP contribution in [0.1, 0.15) is 17.2 Å². The van der Waals surface area contributed by atoms with Crippen LogP contribution in [-0.2, 0) is 18.3 Å². The molecule has 1 aromatic carbocycles. The Hall–Kier alpha value is -2.71. The molecule has 134 valence electrons. The lowest BCUT2D eigenvalue weighted by Crippen LogP contribution is -2.30. The minimum Gasteiger partial charge on any atom is -0.493 e. The summed E-state index contributed by atoms with van der Waals surface area (Å²) in [5, 5.41) is 12.5. The van der Waals surface area contributed by atoms with E-state index in [0.717, 1.165) is 35.6 Å². The molecule has 0 bridgehead atoms. The molecule has 1 aliphatic rings. The minimum absolute atomic E-state index is 0.163. The number of anilines is 1.